The Morgan fingerprint density at radius 3 is 3.00 bits per heavy atom. The standard InChI is InChI=1S/C12H16N2O3/c1-8-7-17-6-5-14(8)11-9(12(15)16)3-2-4-10(11)13/h2-4,8H,5-7,13H2,1H3,(H,15,16). The van der Waals surface area contributed by atoms with Crippen molar-refractivity contribution in [3.63, 3.8) is 0 Å². The van der Waals surface area contributed by atoms with E-state index in [0.29, 0.717) is 31.1 Å². The molecule has 5 heteroatoms. The summed E-state index contributed by atoms with van der Waals surface area (Å²) in [5.41, 5.74) is 7.26. The summed E-state index contributed by atoms with van der Waals surface area (Å²) in [6.07, 6.45) is 0. The molecule has 1 heterocycles. The Morgan fingerprint density at radius 1 is 1.59 bits per heavy atom. The number of hydrogen-bond acceptors (Lipinski definition) is 4. The highest BCUT2D eigenvalue weighted by atomic mass is 16.5. The Balaban J connectivity index is 2.45. The van der Waals surface area contributed by atoms with Crippen LogP contribution in [0.15, 0.2) is 18.2 Å². The van der Waals surface area contributed by atoms with Crippen LogP contribution in [-0.2, 0) is 4.74 Å². The van der Waals surface area contributed by atoms with Crippen molar-refractivity contribution in [3.05, 3.63) is 23.8 Å². The van der Waals surface area contributed by atoms with Gasteiger partial charge in [0.05, 0.1) is 30.2 Å². The summed E-state index contributed by atoms with van der Waals surface area (Å²) in [6.45, 7) is 3.85. The number of benzene rings is 1. The van der Waals surface area contributed by atoms with Crippen LogP contribution >= 0.6 is 0 Å². The minimum atomic E-state index is -0.953. The van der Waals surface area contributed by atoms with E-state index < -0.39 is 5.97 Å². The van der Waals surface area contributed by atoms with Crippen LogP contribution in [0.2, 0.25) is 0 Å². The van der Waals surface area contributed by atoms with Gasteiger partial charge in [0, 0.05) is 12.6 Å². The highest BCUT2D eigenvalue weighted by molar-refractivity contribution is 5.98. The molecular formula is C12H16N2O3. The van der Waals surface area contributed by atoms with E-state index in [1.165, 1.54) is 0 Å². The minimum absolute atomic E-state index is 0.131. The number of carboxylic acid groups (broad SMARTS) is 1. The molecule has 5 nitrogen and oxygen atoms in total. The molecule has 0 amide bonds. The highest BCUT2D eigenvalue weighted by Crippen LogP contribution is 2.30. The molecule has 1 aromatic rings. The Kier molecular flexibility index (Phi) is 3.19. The lowest BCUT2D eigenvalue weighted by atomic mass is 10.1. The van der Waals surface area contributed by atoms with Gasteiger partial charge in [-0.05, 0) is 19.1 Å². The third-order valence-electron chi connectivity index (χ3n) is 2.95. The normalized spacial score (nSPS) is 20.3. The predicted octanol–water partition coefficient (Wildman–Crippen LogP) is 1.19. The van der Waals surface area contributed by atoms with Gasteiger partial charge in [0.25, 0.3) is 0 Å². The van der Waals surface area contributed by atoms with E-state index in [9.17, 15) is 9.90 Å². The molecule has 17 heavy (non-hydrogen) atoms. The van der Waals surface area contributed by atoms with E-state index in [2.05, 4.69) is 0 Å². The molecule has 0 aromatic heterocycles. The number of rotatable bonds is 2. The summed E-state index contributed by atoms with van der Waals surface area (Å²) < 4.78 is 5.34. The van der Waals surface area contributed by atoms with Crippen molar-refractivity contribution < 1.29 is 14.6 Å². The number of nitrogens with zero attached hydrogens (tertiary/aromatic N) is 1. The molecule has 1 aliphatic heterocycles. The number of carboxylic acids is 1. The summed E-state index contributed by atoms with van der Waals surface area (Å²) in [4.78, 5) is 13.2. The fourth-order valence-corrected chi connectivity index (χ4v) is 2.11. The van der Waals surface area contributed by atoms with Gasteiger partial charge in [0.15, 0.2) is 0 Å². The number of ether oxygens (including phenoxy) is 1. The van der Waals surface area contributed by atoms with Gasteiger partial charge >= 0.3 is 5.97 Å². The molecule has 0 aliphatic carbocycles. The van der Waals surface area contributed by atoms with Crippen LogP contribution in [-0.4, -0.2) is 36.9 Å². The summed E-state index contributed by atoms with van der Waals surface area (Å²) in [6, 6.07) is 5.10. The monoisotopic (exact) mass is 236 g/mol. The number of aromatic carboxylic acids is 1. The summed E-state index contributed by atoms with van der Waals surface area (Å²) >= 11 is 0. The fourth-order valence-electron chi connectivity index (χ4n) is 2.11. The van der Waals surface area contributed by atoms with Gasteiger partial charge in [-0.15, -0.1) is 0 Å². The molecular weight excluding hydrogens is 220 g/mol. The van der Waals surface area contributed by atoms with Gasteiger partial charge in [-0.1, -0.05) is 6.07 Å². The number of nitrogens with two attached hydrogens (primary N) is 1. The third kappa shape index (κ3) is 2.19. The Hall–Kier alpha value is -1.75. The first-order valence-corrected chi connectivity index (χ1v) is 5.57. The lowest BCUT2D eigenvalue weighted by Crippen LogP contribution is -2.44. The van der Waals surface area contributed by atoms with Gasteiger partial charge in [-0.2, -0.15) is 0 Å². The highest BCUT2D eigenvalue weighted by Gasteiger charge is 2.25. The van der Waals surface area contributed by atoms with E-state index in [-0.39, 0.29) is 11.6 Å². The number of morpholine rings is 1. The topological polar surface area (TPSA) is 75.8 Å². The second-order valence-electron chi connectivity index (χ2n) is 4.17. The third-order valence-corrected chi connectivity index (χ3v) is 2.95. The van der Waals surface area contributed by atoms with Gasteiger partial charge in [0.2, 0.25) is 0 Å². The number of carbonyl (C=O) groups is 1. The van der Waals surface area contributed by atoms with Crippen molar-refractivity contribution >= 4 is 17.3 Å². The van der Waals surface area contributed by atoms with Gasteiger partial charge in [-0.3, -0.25) is 0 Å². The summed E-state index contributed by atoms with van der Waals surface area (Å²) in [5, 5.41) is 9.19. The number of para-hydroxylation sites is 1. The number of anilines is 2. The molecule has 0 bridgehead atoms. The molecule has 1 aliphatic rings. The van der Waals surface area contributed by atoms with E-state index in [1.54, 1.807) is 18.2 Å². The summed E-state index contributed by atoms with van der Waals surface area (Å²) in [7, 11) is 0. The zero-order valence-corrected chi connectivity index (χ0v) is 9.72. The van der Waals surface area contributed by atoms with Crippen molar-refractivity contribution in [1.29, 1.82) is 0 Å². The molecule has 1 fully saturated rings. The molecule has 0 radical (unpaired) electrons. The second-order valence-corrected chi connectivity index (χ2v) is 4.17. The molecule has 1 saturated heterocycles. The Morgan fingerprint density at radius 2 is 2.35 bits per heavy atom. The van der Waals surface area contributed by atoms with Crippen LogP contribution in [0, 0.1) is 0 Å². The second kappa shape index (κ2) is 4.63. The van der Waals surface area contributed by atoms with Crippen LogP contribution < -0.4 is 10.6 Å². The van der Waals surface area contributed by atoms with E-state index in [1.807, 2.05) is 11.8 Å². The smallest absolute Gasteiger partial charge is 0.337 e. The van der Waals surface area contributed by atoms with Crippen LogP contribution in [0.3, 0.4) is 0 Å². The molecule has 1 atom stereocenters. The Labute approximate surface area is 99.8 Å². The first-order chi connectivity index (χ1) is 8.11. The van der Waals surface area contributed by atoms with E-state index >= 15 is 0 Å². The Bertz CT molecular complexity index is 434. The van der Waals surface area contributed by atoms with Crippen molar-refractivity contribution in [3.8, 4) is 0 Å². The quantitative estimate of drug-likeness (QED) is 0.754. The maximum atomic E-state index is 11.2. The van der Waals surface area contributed by atoms with Crippen molar-refractivity contribution in [2.24, 2.45) is 0 Å². The molecule has 1 unspecified atom stereocenters. The van der Waals surface area contributed by atoms with Crippen molar-refractivity contribution in [2.75, 3.05) is 30.4 Å². The molecule has 1 aromatic carbocycles. The summed E-state index contributed by atoms with van der Waals surface area (Å²) in [5.74, 6) is -0.953. The minimum Gasteiger partial charge on any atom is -0.478 e. The SMILES string of the molecule is CC1COCCN1c1c(N)cccc1C(=O)O. The zero-order chi connectivity index (χ0) is 12.4. The lowest BCUT2D eigenvalue weighted by molar-refractivity contribution is 0.0695. The number of nitrogen functional groups attached to an aromatic ring is 1. The molecule has 92 valence electrons. The van der Waals surface area contributed by atoms with Crippen LogP contribution in [0.4, 0.5) is 11.4 Å². The largest absolute Gasteiger partial charge is 0.478 e. The zero-order valence-electron chi connectivity index (χ0n) is 9.72. The average molecular weight is 236 g/mol. The van der Waals surface area contributed by atoms with Crippen molar-refractivity contribution in [2.45, 2.75) is 13.0 Å². The lowest BCUT2D eigenvalue weighted by Gasteiger charge is -2.36. The van der Waals surface area contributed by atoms with E-state index in [4.69, 9.17) is 10.5 Å². The van der Waals surface area contributed by atoms with Crippen molar-refractivity contribution in [1.82, 2.24) is 0 Å². The van der Waals surface area contributed by atoms with E-state index in [0.717, 1.165) is 0 Å². The molecule has 2 rings (SSSR count). The van der Waals surface area contributed by atoms with Gasteiger partial charge in [-0.25, -0.2) is 4.79 Å². The van der Waals surface area contributed by atoms with Crippen LogP contribution in [0.5, 0.6) is 0 Å². The van der Waals surface area contributed by atoms with Gasteiger partial charge in [0.1, 0.15) is 0 Å². The maximum Gasteiger partial charge on any atom is 0.337 e. The molecule has 0 saturated carbocycles. The molecule has 0 spiro atoms. The van der Waals surface area contributed by atoms with Crippen LogP contribution in [0.1, 0.15) is 17.3 Å². The first-order valence-electron chi connectivity index (χ1n) is 5.57. The fraction of sp³-hybridized carbons (Fsp3) is 0.417. The van der Waals surface area contributed by atoms with Crippen LogP contribution in [0.25, 0.3) is 0 Å². The number of hydrogen-bond donors (Lipinski definition) is 2. The average Bonchev–Trinajstić information content (AvgIpc) is 2.30. The predicted molar refractivity (Wildman–Crippen MR) is 65.4 cm³/mol. The molecule has 3 N–H and O–H groups in total. The maximum absolute atomic E-state index is 11.2. The first kappa shape index (κ1) is 11.7. The van der Waals surface area contributed by atoms with Gasteiger partial charge < -0.3 is 20.5 Å².